The van der Waals surface area contributed by atoms with E-state index in [1.807, 2.05) is 19.1 Å². The second kappa shape index (κ2) is 11.3. The number of anilines is 2. The van der Waals surface area contributed by atoms with Gasteiger partial charge in [0.1, 0.15) is 0 Å². The summed E-state index contributed by atoms with van der Waals surface area (Å²) >= 11 is 1.08. The molecule has 8 nitrogen and oxygen atoms in total. The molecule has 0 spiro atoms. The lowest BCUT2D eigenvalue weighted by atomic mass is 10.2. The zero-order valence-electron chi connectivity index (χ0n) is 18.2. The number of thioether (sulfide) groups is 1. The Balaban J connectivity index is 1.47. The second-order valence-electron chi connectivity index (χ2n) is 7.72. The first kappa shape index (κ1) is 24.8. The monoisotopic (exact) mass is 490 g/mol. The molecule has 2 aromatic carbocycles. The SMILES string of the molecule is Cc1ccc(NC(=O)CSCC(=O)OCC(=O)N(c2ccccc2)[C@@H]2CCS(=O)(=O)C2)cc1. The van der Waals surface area contributed by atoms with Crippen LogP contribution >= 0.6 is 11.8 Å². The molecule has 1 fully saturated rings. The minimum Gasteiger partial charge on any atom is -0.455 e. The number of ether oxygens (including phenoxy) is 1. The zero-order chi connectivity index (χ0) is 23.8. The van der Waals surface area contributed by atoms with Crippen LogP contribution in [0.25, 0.3) is 0 Å². The van der Waals surface area contributed by atoms with Crippen LogP contribution in [-0.2, 0) is 29.0 Å². The van der Waals surface area contributed by atoms with Crippen molar-refractivity contribution in [2.75, 3.05) is 39.8 Å². The summed E-state index contributed by atoms with van der Waals surface area (Å²) in [5, 5.41) is 2.74. The molecular weight excluding hydrogens is 464 g/mol. The Bertz CT molecular complexity index is 1090. The number of aryl methyl sites for hydroxylation is 1. The molecule has 2 aromatic rings. The maximum Gasteiger partial charge on any atom is 0.316 e. The molecule has 0 unspecified atom stereocenters. The van der Waals surface area contributed by atoms with Crippen molar-refractivity contribution in [1.82, 2.24) is 0 Å². The number of sulfone groups is 1. The number of carbonyl (C=O) groups is 3. The van der Waals surface area contributed by atoms with Gasteiger partial charge in [-0.2, -0.15) is 0 Å². The molecule has 0 bridgehead atoms. The smallest absolute Gasteiger partial charge is 0.316 e. The highest BCUT2D eigenvalue weighted by Gasteiger charge is 2.35. The third-order valence-electron chi connectivity index (χ3n) is 5.02. The molecule has 0 saturated carbocycles. The van der Waals surface area contributed by atoms with Crippen LogP contribution in [0.2, 0.25) is 0 Å². The van der Waals surface area contributed by atoms with E-state index in [0.717, 1.165) is 17.3 Å². The molecule has 1 aliphatic heterocycles. The van der Waals surface area contributed by atoms with Crippen molar-refractivity contribution in [3.05, 3.63) is 60.2 Å². The summed E-state index contributed by atoms with van der Waals surface area (Å²) in [4.78, 5) is 38.3. The summed E-state index contributed by atoms with van der Waals surface area (Å²) in [5.41, 5.74) is 2.32. The van der Waals surface area contributed by atoms with Gasteiger partial charge in [-0.05, 0) is 37.6 Å². The number of para-hydroxylation sites is 1. The number of nitrogens with zero attached hydrogens (tertiary/aromatic N) is 1. The number of carbonyl (C=O) groups excluding carboxylic acids is 3. The Morgan fingerprint density at radius 2 is 1.76 bits per heavy atom. The number of amides is 2. The Labute approximate surface area is 197 Å². The molecule has 176 valence electrons. The van der Waals surface area contributed by atoms with Gasteiger partial charge in [0.05, 0.1) is 29.1 Å². The maximum atomic E-state index is 12.8. The number of rotatable bonds is 9. The lowest BCUT2D eigenvalue weighted by molar-refractivity contribution is -0.145. The number of hydrogen-bond donors (Lipinski definition) is 1. The lowest BCUT2D eigenvalue weighted by Gasteiger charge is -2.28. The Morgan fingerprint density at radius 3 is 2.39 bits per heavy atom. The summed E-state index contributed by atoms with van der Waals surface area (Å²) in [7, 11) is -3.20. The van der Waals surface area contributed by atoms with E-state index in [0.29, 0.717) is 17.8 Å². The van der Waals surface area contributed by atoms with E-state index in [2.05, 4.69) is 5.32 Å². The maximum absolute atomic E-state index is 12.8. The largest absolute Gasteiger partial charge is 0.455 e. The van der Waals surface area contributed by atoms with E-state index in [1.165, 1.54) is 4.90 Å². The first-order valence-electron chi connectivity index (χ1n) is 10.4. The fraction of sp³-hybridized carbons (Fsp3) is 0.348. The zero-order valence-corrected chi connectivity index (χ0v) is 19.9. The van der Waals surface area contributed by atoms with E-state index in [1.54, 1.807) is 42.5 Å². The number of esters is 1. The molecule has 1 heterocycles. The number of nitrogens with one attached hydrogen (secondary N) is 1. The molecule has 1 saturated heterocycles. The van der Waals surface area contributed by atoms with Crippen LogP contribution in [-0.4, -0.2) is 61.9 Å². The Kier molecular flexibility index (Phi) is 8.51. The minimum absolute atomic E-state index is 0.0232. The summed E-state index contributed by atoms with van der Waals surface area (Å²) in [6.45, 7) is 1.45. The van der Waals surface area contributed by atoms with Crippen molar-refractivity contribution in [2.45, 2.75) is 19.4 Å². The Morgan fingerprint density at radius 1 is 1.06 bits per heavy atom. The fourth-order valence-electron chi connectivity index (χ4n) is 3.44. The highest BCUT2D eigenvalue weighted by molar-refractivity contribution is 8.00. The number of hydrogen-bond acceptors (Lipinski definition) is 7. The molecule has 2 amide bonds. The molecule has 33 heavy (non-hydrogen) atoms. The van der Waals surface area contributed by atoms with Crippen LogP contribution in [0.5, 0.6) is 0 Å². The van der Waals surface area contributed by atoms with Gasteiger partial charge in [0.25, 0.3) is 5.91 Å². The third-order valence-corrected chi connectivity index (χ3v) is 7.68. The molecule has 1 N–H and O–H groups in total. The molecule has 0 aliphatic carbocycles. The highest BCUT2D eigenvalue weighted by Crippen LogP contribution is 2.24. The van der Waals surface area contributed by atoms with Gasteiger partial charge in [0.15, 0.2) is 16.4 Å². The highest BCUT2D eigenvalue weighted by atomic mass is 32.2. The Hall–Kier alpha value is -2.85. The van der Waals surface area contributed by atoms with Gasteiger partial charge in [-0.25, -0.2) is 8.42 Å². The molecule has 10 heteroatoms. The van der Waals surface area contributed by atoms with Crippen molar-refractivity contribution in [3.8, 4) is 0 Å². The molecule has 0 aromatic heterocycles. The van der Waals surface area contributed by atoms with Gasteiger partial charge >= 0.3 is 5.97 Å². The van der Waals surface area contributed by atoms with Gasteiger partial charge in [-0.3, -0.25) is 14.4 Å². The van der Waals surface area contributed by atoms with Crippen LogP contribution < -0.4 is 10.2 Å². The number of benzene rings is 2. The normalized spacial score (nSPS) is 16.7. The van der Waals surface area contributed by atoms with Crippen molar-refractivity contribution in [1.29, 1.82) is 0 Å². The predicted octanol–water partition coefficient (Wildman–Crippen LogP) is 2.43. The van der Waals surface area contributed by atoms with Gasteiger partial charge < -0.3 is 15.0 Å². The summed E-state index contributed by atoms with van der Waals surface area (Å²) in [6, 6.07) is 15.6. The first-order chi connectivity index (χ1) is 15.7. The fourth-order valence-corrected chi connectivity index (χ4v) is 5.75. The summed E-state index contributed by atoms with van der Waals surface area (Å²) in [6.07, 6.45) is 0.336. The first-order valence-corrected chi connectivity index (χ1v) is 13.4. The third kappa shape index (κ3) is 7.61. The summed E-state index contributed by atoms with van der Waals surface area (Å²) < 4.78 is 28.9. The van der Waals surface area contributed by atoms with Crippen molar-refractivity contribution in [3.63, 3.8) is 0 Å². The quantitative estimate of drug-likeness (QED) is 0.538. The van der Waals surface area contributed by atoms with Crippen LogP contribution in [0.3, 0.4) is 0 Å². The van der Waals surface area contributed by atoms with Crippen molar-refractivity contribution in [2.24, 2.45) is 0 Å². The average molecular weight is 491 g/mol. The van der Waals surface area contributed by atoms with E-state index in [4.69, 9.17) is 4.74 Å². The predicted molar refractivity (Wildman–Crippen MR) is 129 cm³/mol. The van der Waals surface area contributed by atoms with E-state index in [-0.39, 0.29) is 28.9 Å². The standard InChI is InChI=1S/C23H26N2O6S2/c1-17-7-9-18(10-8-17)24-21(26)14-32-15-23(28)31-13-22(27)25(19-5-3-2-4-6-19)20-11-12-33(29,30)16-20/h2-10,20H,11-16H2,1H3,(H,24,26)/t20-/m1/s1. The molecular formula is C23H26N2O6S2. The van der Waals surface area contributed by atoms with Crippen LogP contribution in [0, 0.1) is 6.92 Å². The van der Waals surface area contributed by atoms with Gasteiger partial charge in [-0.1, -0.05) is 35.9 Å². The van der Waals surface area contributed by atoms with Gasteiger partial charge in [0, 0.05) is 11.4 Å². The van der Waals surface area contributed by atoms with Crippen molar-refractivity contribution >= 4 is 50.8 Å². The summed E-state index contributed by atoms with van der Waals surface area (Å²) in [5.74, 6) is -1.47. The lowest BCUT2D eigenvalue weighted by Crippen LogP contribution is -2.43. The molecule has 1 atom stereocenters. The molecule has 1 aliphatic rings. The van der Waals surface area contributed by atoms with Crippen molar-refractivity contribution < 1.29 is 27.5 Å². The van der Waals surface area contributed by atoms with Crippen LogP contribution in [0.15, 0.2) is 54.6 Å². The van der Waals surface area contributed by atoms with E-state index < -0.39 is 34.4 Å². The molecule has 3 rings (SSSR count). The van der Waals surface area contributed by atoms with Crippen LogP contribution in [0.4, 0.5) is 11.4 Å². The van der Waals surface area contributed by atoms with Gasteiger partial charge in [0.2, 0.25) is 5.91 Å². The average Bonchev–Trinajstić information content (AvgIpc) is 3.14. The van der Waals surface area contributed by atoms with Crippen LogP contribution in [0.1, 0.15) is 12.0 Å². The van der Waals surface area contributed by atoms with E-state index >= 15 is 0 Å². The van der Waals surface area contributed by atoms with E-state index in [9.17, 15) is 22.8 Å². The van der Waals surface area contributed by atoms with Gasteiger partial charge in [-0.15, -0.1) is 11.8 Å². The topological polar surface area (TPSA) is 110 Å². The second-order valence-corrected chi connectivity index (χ2v) is 10.9. The molecule has 0 radical (unpaired) electrons. The minimum atomic E-state index is -3.20.